The van der Waals surface area contributed by atoms with Gasteiger partial charge in [-0.25, -0.2) is 0 Å². The molecular formula is C26H39FN2O3. The van der Waals surface area contributed by atoms with E-state index in [9.17, 15) is 14.3 Å². The fraction of sp³-hybridized carbons (Fsp3) is 0.846. The highest BCUT2D eigenvalue weighted by molar-refractivity contribution is 5.82. The number of fused-ring (bicyclic) bond motifs is 5. The van der Waals surface area contributed by atoms with Gasteiger partial charge in [0, 0.05) is 25.3 Å². The van der Waals surface area contributed by atoms with Crippen LogP contribution >= 0.6 is 0 Å². The molecule has 1 heterocycles. The molecule has 0 aliphatic heterocycles. The molecule has 32 heavy (non-hydrogen) atoms. The van der Waals surface area contributed by atoms with Crippen LogP contribution in [-0.2, 0) is 16.1 Å². The van der Waals surface area contributed by atoms with Crippen LogP contribution < -0.4 is 0 Å². The van der Waals surface area contributed by atoms with Crippen molar-refractivity contribution in [3.05, 3.63) is 18.2 Å². The number of carbonyl (C=O) groups excluding carboxylic acids is 1. The first kappa shape index (κ1) is 22.5. The molecule has 5 rings (SSSR count). The van der Waals surface area contributed by atoms with Crippen molar-refractivity contribution in [1.82, 2.24) is 9.78 Å². The zero-order valence-electron chi connectivity index (χ0n) is 19.9. The number of ketones is 1. The smallest absolute Gasteiger partial charge is 0.232 e. The summed E-state index contributed by atoms with van der Waals surface area (Å²) in [5, 5.41) is 14.8. The third kappa shape index (κ3) is 3.48. The van der Waals surface area contributed by atoms with Gasteiger partial charge in [-0.3, -0.25) is 9.48 Å². The molecule has 8 atom stereocenters. The van der Waals surface area contributed by atoms with Crippen LogP contribution in [0.15, 0.2) is 12.3 Å². The van der Waals surface area contributed by atoms with Gasteiger partial charge in [-0.05, 0) is 92.3 Å². The molecule has 1 aromatic rings. The van der Waals surface area contributed by atoms with Crippen LogP contribution in [0.25, 0.3) is 0 Å². The van der Waals surface area contributed by atoms with E-state index >= 15 is 0 Å². The largest absolute Gasteiger partial charge is 0.387 e. The first-order valence-electron chi connectivity index (χ1n) is 12.6. The van der Waals surface area contributed by atoms with Gasteiger partial charge in [0.2, 0.25) is 5.95 Å². The predicted molar refractivity (Wildman–Crippen MR) is 119 cm³/mol. The van der Waals surface area contributed by atoms with Crippen molar-refractivity contribution in [3.63, 3.8) is 0 Å². The molecule has 1 aromatic heterocycles. The minimum atomic E-state index is -0.661. The van der Waals surface area contributed by atoms with Crippen molar-refractivity contribution < 1.29 is 19.0 Å². The second-order valence-electron chi connectivity index (χ2n) is 12.0. The molecule has 4 saturated carbocycles. The van der Waals surface area contributed by atoms with Gasteiger partial charge in [-0.1, -0.05) is 13.8 Å². The maximum absolute atomic E-state index is 13.3. The monoisotopic (exact) mass is 446 g/mol. The second kappa shape index (κ2) is 7.90. The molecule has 0 bridgehead atoms. The summed E-state index contributed by atoms with van der Waals surface area (Å²) in [6.45, 7) is 5.48. The maximum Gasteiger partial charge on any atom is 0.232 e. The molecular weight excluding hydrogens is 407 g/mol. The summed E-state index contributed by atoms with van der Waals surface area (Å²) in [5.74, 6) is 2.30. The van der Waals surface area contributed by atoms with Gasteiger partial charge in [-0.2, -0.15) is 4.39 Å². The van der Waals surface area contributed by atoms with Gasteiger partial charge in [0.1, 0.15) is 0 Å². The first-order valence-corrected chi connectivity index (χ1v) is 12.6. The highest BCUT2D eigenvalue weighted by Crippen LogP contribution is 2.68. The number of carbonyl (C=O) groups is 1. The van der Waals surface area contributed by atoms with E-state index in [1.807, 2.05) is 0 Å². The van der Waals surface area contributed by atoms with Crippen LogP contribution in [0.1, 0.15) is 71.6 Å². The highest BCUT2D eigenvalue weighted by atomic mass is 19.1. The van der Waals surface area contributed by atoms with Crippen molar-refractivity contribution in [2.75, 3.05) is 13.7 Å². The average Bonchev–Trinajstić information content (AvgIpc) is 3.31. The number of methoxy groups -OCH3 is 1. The van der Waals surface area contributed by atoms with E-state index in [-0.39, 0.29) is 23.7 Å². The van der Waals surface area contributed by atoms with Crippen LogP contribution in [0.3, 0.4) is 0 Å². The molecule has 0 unspecified atom stereocenters. The number of ether oxygens (including phenoxy) is 1. The van der Waals surface area contributed by atoms with E-state index in [0.717, 1.165) is 38.5 Å². The molecule has 1 N–H and O–H groups in total. The summed E-state index contributed by atoms with van der Waals surface area (Å²) < 4.78 is 20.1. The molecule has 0 amide bonds. The lowest BCUT2D eigenvalue weighted by Gasteiger charge is -2.62. The number of nitrogens with zero attached hydrogens (tertiary/aromatic N) is 2. The Morgan fingerprint density at radius 2 is 1.94 bits per heavy atom. The molecule has 4 aliphatic rings. The highest BCUT2D eigenvalue weighted by Gasteiger charge is 2.62. The van der Waals surface area contributed by atoms with Crippen molar-refractivity contribution in [1.29, 1.82) is 0 Å². The minimum absolute atomic E-state index is 0.0542. The van der Waals surface area contributed by atoms with Gasteiger partial charge in [0.05, 0.1) is 18.8 Å². The number of halogens is 1. The normalized spacial score (nSPS) is 45.7. The number of hydrogen-bond donors (Lipinski definition) is 1. The van der Waals surface area contributed by atoms with E-state index in [0.29, 0.717) is 35.7 Å². The Labute approximate surface area is 191 Å². The molecule has 0 aromatic carbocycles. The molecule has 0 spiro atoms. The topological polar surface area (TPSA) is 64.3 Å². The van der Waals surface area contributed by atoms with E-state index in [4.69, 9.17) is 4.74 Å². The number of aromatic nitrogens is 2. The number of aliphatic hydroxyl groups is 1. The van der Waals surface area contributed by atoms with E-state index in [2.05, 4.69) is 18.9 Å². The summed E-state index contributed by atoms with van der Waals surface area (Å²) >= 11 is 0. The quantitative estimate of drug-likeness (QED) is 0.716. The zero-order chi connectivity index (χ0) is 22.7. The predicted octanol–water partition coefficient (Wildman–Crippen LogP) is 4.63. The Balaban J connectivity index is 1.32. The molecule has 0 radical (unpaired) electrons. The first-order chi connectivity index (χ1) is 15.2. The van der Waals surface area contributed by atoms with Crippen LogP contribution in [0.4, 0.5) is 4.39 Å². The second-order valence-corrected chi connectivity index (χ2v) is 12.0. The summed E-state index contributed by atoms with van der Waals surface area (Å²) in [6, 6.07) is 1.31. The summed E-state index contributed by atoms with van der Waals surface area (Å²) in [5.41, 5.74) is -0.316. The fourth-order valence-corrected chi connectivity index (χ4v) is 8.95. The van der Waals surface area contributed by atoms with Gasteiger partial charge >= 0.3 is 0 Å². The Bertz CT molecular complexity index is 873. The Morgan fingerprint density at radius 3 is 2.66 bits per heavy atom. The molecule has 5 nitrogen and oxygen atoms in total. The van der Waals surface area contributed by atoms with Crippen LogP contribution in [0.2, 0.25) is 0 Å². The minimum Gasteiger partial charge on any atom is -0.387 e. The van der Waals surface area contributed by atoms with Crippen LogP contribution in [-0.4, -0.2) is 40.0 Å². The summed E-state index contributed by atoms with van der Waals surface area (Å²) in [4.78, 5) is 13.2. The van der Waals surface area contributed by atoms with E-state index < -0.39 is 11.5 Å². The molecule has 4 fully saturated rings. The third-order valence-corrected chi connectivity index (χ3v) is 10.5. The lowest BCUT2D eigenvalue weighted by Crippen LogP contribution is -2.56. The number of hydrogen-bond acceptors (Lipinski definition) is 4. The lowest BCUT2D eigenvalue weighted by molar-refractivity contribution is -0.164. The maximum atomic E-state index is 13.3. The summed E-state index contributed by atoms with van der Waals surface area (Å²) in [7, 11) is 1.69. The van der Waals surface area contributed by atoms with Crippen molar-refractivity contribution >= 4 is 5.78 Å². The van der Waals surface area contributed by atoms with Crippen LogP contribution in [0.5, 0.6) is 0 Å². The molecule has 178 valence electrons. The van der Waals surface area contributed by atoms with Crippen LogP contribution in [0, 0.1) is 46.4 Å². The molecule has 4 aliphatic carbocycles. The molecule has 6 heteroatoms. The van der Waals surface area contributed by atoms with Crippen molar-refractivity contribution in [2.24, 2.45) is 40.4 Å². The van der Waals surface area contributed by atoms with Gasteiger partial charge in [-0.15, -0.1) is 5.10 Å². The SMILES string of the molecule is COC[C@@]1(O)CC[C@@]2(C)[C@@H](CC[C@@H]3[C@@H]2CC[C@]2(C)[C@H](C(=O)Cn4ccc(F)n4)CC[C@@H]32)C1. The van der Waals surface area contributed by atoms with E-state index in [1.165, 1.54) is 30.0 Å². The Morgan fingerprint density at radius 1 is 1.16 bits per heavy atom. The van der Waals surface area contributed by atoms with E-state index in [1.54, 1.807) is 13.3 Å². The number of rotatable bonds is 5. The average molecular weight is 447 g/mol. The van der Waals surface area contributed by atoms with Crippen molar-refractivity contribution in [2.45, 2.75) is 83.8 Å². The zero-order valence-corrected chi connectivity index (χ0v) is 19.9. The lowest BCUT2D eigenvalue weighted by atomic mass is 9.44. The number of Topliss-reactive ketones (excluding diaryl/α,β-unsaturated/α-hetero) is 1. The van der Waals surface area contributed by atoms with Gasteiger partial charge in [0.15, 0.2) is 5.78 Å². The van der Waals surface area contributed by atoms with Gasteiger partial charge in [0.25, 0.3) is 0 Å². The Kier molecular flexibility index (Phi) is 5.56. The van der Waals surface area contributed by atoms with Gasteiger partial charge < -0.3 is 9.84 Å². The Hall–Kier alpha value is -1.27. The standard InChI is InChI=1S/C26H39FN2O3/c1-24-11-12-26(31,16-32-3)14-17(24)4-5-18-19-6-7-21(25(19,2)10-8-20(18)24)22(30)15-29-13-9-23(27)28-29/h9,13,17-21,31H,4-8,10-12,14-16H2,1-3H3/t17-,18-,19-,20-,21-,24-,25-,26+/m0/s1. The fourth-order valence-electron chi connectivity index (χ4n) is 8.95. The summed E-state index contributed by atoms with van der Waals surface area (Å²) in [6.07, 6.45) is 11.1. The third-order valence-electron chi connectivity index (χ3n) is 10.5. The van der Waals surface area contributed by atoms with Crippen molar-refractivity contribution in [3.8, 4) is 0 Å². The molecule has 0 saturated heterocycles.